The molecule has 3 aromatic carbocycles. The minimum atomic E-state index is -0.387. The highest BCUT2D eigenvalue weighted by molar-refractivity contribution is 5.85. The van der Waals surface area contributed by atoms with E-state index in [4.69, 9.17) is 0 Å². The lowest BCUT2D eigenvalue weighted by atomic mass is 9.70. The number of hydrogen-bond donors (Lipinski definition) is 2. The van der Waals surface area contributed by atoms with Crippen molar-refractivity contribution >= 4 is 5.91 Å². The van der Waals surface area contributed by atoms with Gasteiger partial charge in [0.05, 0.1) is 17.5 Å². The predicted octanol–water partition coefficient (Wildman–Crippen LogP) is 4.33. The van der Waals surface area contributed by atoms with Gasteiger partial charge in [0, 0.05) is 13.1 Å². The molecule has 2 fully saturated rings. The van der Waals surface area contributed by atoms with Gasteiger partial charge in [-0.25, -0.2) is 5.43 Å². The zero-order chi connectivity index (χ0) is 21.5. The minimum absolute atomic E-state index is 0.0204. The molecule has 0 saturated carbocycles. The van der Waals surface area contributed by atoms with Gasteiger partial charge in [-0.3, -0.25) is 15.1 Å². The lowest BCUT2D eigenvalue weighted by Gasteiger charge is -2.44. The first-order valence-electron chi connectivity index (χ1n) is 11.8. The van der Waals surface area contributed by atoms with E-state index in [9.17, 15) is 4.79 Å². The minimum Gasteiger partial charge on any atom is -0.292 e. The summed E-state index contributed by atoms with van der Waals surface area (Å²) in [6.45, 7) is 1.82. The summed E-state index contributed by atoms with van der Waals surface area (Å²) in [6.07, 6.45) is 3.88. The number of benzene rings is 3. The third-order valence-electron chi connectivity index (χ3n) is 7.89. The summed E-state index contributed by atoms with van der Waals surface area (Å²) in [5.74, 6) is 0.146. The number of fused-ring (bicyclic) bond motifs is 2. The number of amides is 1. The topological polar surface area (TPSA) is 44.4 Å². The van der Waals surface area contributed by atoms with Crippen LogP contribution in [0.3, 0.4) is 0 Å². The van der Waals surface area contributed by atoms with Crippen LogP contribution in [0.25, 0.3) is 0 Å². The van der Waals surface area contributed by atoms with Gasteiger partial charge in [0.15, 0.2) is 0 Å². The summed E-state index contributed by atoms with van der Waals surface area (Å²) < 4.78 is 0. The zero-order valence-corrected chi connectivity index (χ0v) is 18.3. The Bertz CT molecular complexity index is 1090. The molecule has 1 unspecified atom stereocenters. The number of hydrazine groups is 1. The van der Waals surface area contributed by atoms with Crippen LogP contribution >= 0.6 is 0 Å². The average molecular weight is 424 g/mol. The van der Waals surface area contributed by atoms with Crippen LogP contribution in [0.1, 0.15) is 52.7 Å². The molecular weight excluding hydrogens is 394 g/mol. The van der Waals surface area contributed by atoms with E-state index < -0.39 is 0 Å². The fourth-order valence-electron chi connectivity index (χ4n) is 6.16. The first-order valence-corrected chi connectivity index (χ1v) is 11.8. The Labute approximate surface area is 189 Å². The Hall–Kier alpha value is -2.95. The van der Waals surface area contributed by atoms with Crippen LogP contribution in [0.15, 0.2) is 78.9 Å². The number of likely N-dealkylation sites (tertiary alicyclic amines) is 1. The molecule has 2 N–H and O–H groups in total. The zero-order valence-electron chi connectivity index (χ0n) is 18.3. The number of rotatable bonds is 2. The molecule has 3 aliphatic rings. The fourth-order valence-corrected chi connectivity index (χ4v) is 6.16. The number of hydrogen-bond acceptors (Lipinski definition) is 3. The van der Waals surface area contributed by atoms with Crippen molar-refractivity contribution in [1.82, 2.24) is 15.8 Å². The van der Waals surface area contributed by atoms with E-state index in [1.54, 1.807) is 0 Å². The number of piperidine rings is 1. The smallest absolute Gasteiger partial charge is 0.242 e. The molecule has 4 heteroatoms. The van der Waals surface area contributed by atoms with Crippen molar-refractivity contribution in [2.24, 2.45) is 5.41 Å². The van der Waals surface area contributed by atoms with Crippen LogP contribution in [-0.2, 0) is 17.6 Å². The van der Waals surface area contributed by atoms with Crippen molar-refractivity contribution in [3.63, 3.8) is 0 Å². The fraction of sp³-hybridized carbons (Fsp3) is 0.321. The number of carbonyl (C=O) groups excluding carboxylic acids is 1. The summed E-state index contributed by atoms with van der Waals surface area (Å²) >= 11 is 0. The van der Waals surface area contributed by atoms with Crippen LogP contribution in [0.5, 0.6) is 0 Å². The monoisotopic (exact) mass is 423 g/mol. The first-order chi connectivity index (χ1) is 15.8. The first kappa shape index (κ1) is 19.7. The molecule has 162 valence electrons. The van der Waals surface area contributed by atoms with Crippen LogP contribution in [-0.4, -0.2) is 23.9 Å². The summed E-state index contributed by atoms with van der Waals surface area (Å²) in [4.78, 5) is 15.7. The maximum absolute atomic E-state index is 13.1. The van der Waals surface area contributed by atoms with Crippen molar-refractivity contribution in [3.05, 3.63) is 107 Å². The third kappa shape index (κ3) is 3.09. The molecule has 1 aliphatic carbocycles. The van der Waals surface area contributed by atoms with Gasteiger partial charge in [-0.1, -0.05) is 78.9 Å². The van der Waals surface area contributed by atoms with E-state index in [0.29, 0.717) is 0 Å². The van der Waals surface area contributed by atoms with Crippen LogP contribution in [0.4, 0.5) is 0 Å². The quantitative estimate of drug-likeness (QED) is 0.645. The summed E-state index contributed by atoms with van der Waals surface area (Å²) in [5.41, 5.74) is 12.8. The highest BCUT2D eigenvalue weighted by Crippen LogP contribution is 2.48. The van der Waals surface area contributed by atoms with Gasteiger partial charge in [0.1, 0.15) is 0 Å². The molecule has 0 aromatic heterocycles. The summed E-state index contributed by atoms with van der Waals surface area (Å²) in [6, 6.07) is 28.6. The van der Waals surface area contributed by atoms with Crippen molar-refractivity contribution < 1.29 is 4.79 Å². The molecule has 32 heavy (non-hydrogen) atoms. The van der Waals surface area contributed by atoms with Crippen LogP contribution < -0.4 is 10.9 Å². The van der Waals surface area contributed by atoms with Crippen LogP contribution in [0, 0.1) is 5.41 Å². The second-order valence-electron chi connectivity index (χ2n) is 9.43. The van der Waals surface area contributed by atoms with Crippen molar-refractivity contribution in [2.45, 2.75) is 37.8 Å². The number of carbonyl (C=O) groups is 1. The lowest BCUT2D eigenvalue weighted by molar-refractivity contribution is -0.131. The molecule has 0 radical (unpaired) electrons. The standard InChI is InChI=1S/C28H29N3O/c32-27-28(26(29-30-27)22-10-2-1-3-11-22)16-18-31(19-17-28)25-23-12-6-4-8-20(23)14-15-21-9-5-7-13-24(21)25/h1-13,25-26,29H,14-19H2,(H,30,32). The Balaban J connectivity index is 1.34. The molecule has 2 aliphatic heterocycles. The van der Waals surface area contributed by atoms with E-state index in [2.05, 4.69) is 88.5 Å². The van der Waals surface area contributed by atoms with Gasteiger partial charge >= 0.3 is 0 Å². The van der Waals surface area contributed by atoms with E-state index in [1.165, 1.54) is 27.8 Å². The van der Waals surface area contributed by atoms with E-state index in [0.717, 1.165) is 38.8 Å². The number of aryl methyl sites for hydroxylation is 2. The highest BCUT2D eigenvalue weighted by Gasteiger charge is 2.53. The van der Waals surface area contributed by atoms with E-state index in [-0.39, 0.29) is 23.4 Å². The van der Waals surface area contributed by atoms with Crippen molar-refractivity contribution in [1.29, 1.82) is 0 Å². The summed E-state index contributed by atoms with van der Waals surface area (Å²) in [5, 5.41) is 0. The molecule has 1 atom stereocenters. The second kappa shape index (κ2) is 7.88. The van der Waals surface area contributed by atoms with Gasteiger partial charge in [0.2, 0.25) is 5.91 Å². The number of nitrogens with zero attached hydrogens (tertiary/aromatic N) is 1. The Morgan fingerprint density at radius 3 is 1.94 bits per heavy atom. The molecule has 4 nitrogen and oxygen atoms in total. The molecule has 1 amide bonds. The SMILES string of the molecule is O=C1NNC(c2ccccc2)C12CCN(C1c3ccccc3CCc3ccccc31)CC2. The molecular formula is C28H29N3O. The van der Waals surface area contributed by atoms with Gasteiger partial charge < -0.3 is 0 Å². The molecule has 6 rings (SSSR count). The highest BCUT2D eigenvalue weighted by atomic mass is 16.2. The largest absolute Gasteiger partial charge is 0.292 e. The van der Waals surface area contributed by atoms with Gasteiger partial charge in [-0.2, -0.15) is 0 Å². The van der Waals surface area contributed by atoms with Crippen molar-refractivity contribution in [3.8, 4) is 0 Å². The normalized spacial score (nSPS) is 22.8. The van der Waals surface area contributed by atoms with Crippen molar-refractivity contribution in [2.75, 3.05) is 13.1 Å². The predicted molar refractivity (Wildman–Crippen MR) is 126 cm³/mol. The maximum Gasteiger partial charge on any atom is 0.242 e. The lowest BCUT2D eigenvalue weighted by Crippen LogP contribution is -2.47. The average Bonchev–Trinajstić information content (AvgIpc) is 3.06. The van der Waals surface area contributed by atoms with E-state index >= 15 is 0 Å². The Morgan fingerprint density at radius 2 is 1.31 bits per heavy atom. The molecule has 1 spiro atoms. The third-order valence-corrected chi connectivity index (χ3v) is 7.89. The Morgan fingerprint density at radius 1 is 0.750 bits per heavy atom. The maximum atomic E-state index is 13.1. The van der Waals surface area contributed by atoms with Gasteiger partial charge in [0.25, 0.3) is 0 Å². The summed E-state index contributed by atoms with van der Waals surface area (Å²) in [7, 11) is 0. The molecule has 2 heterocycles. The van der Waals surface area contributed by atoms with Crippen LogP contribution in [0.2, 0.25) is 0 Å². The Kier molecular flexibility index (Phi) is 4.85. The molecule has 2 saturated heterocycles. The molecule has 3 aromatic rings. The van der Waals surface area contributed by atoms with Gasteiger partial charge in [-0.15, -0.1) is 0 Å². The van der Waals surface area contributed by atoms with E-state index in [1.807, 2.05) is 6.07 Å². The number of nitrogens with one attached hydrogen (secondary N) is 2. The van der Waals surface area contributed by atoms with Gasteiger partial charge in [-0.05, 0) is 53.5 Å². The second-order valence-corrected chi connectivity index (χ2v) is 9.43. The molecule has 0 bridgehead atoms.